The molecule has 0 amide bonds. The molecule has 3 aromatic rings. The van der Waals surface area contributed by atoms with Crippen LogP contribution < -0.4 is 14.8 Å². The zero-order valence-electron chi connectivity index (χ0n) is 15.5. The summed E-state index contributed by atoms with van der Waals surface area (Å²) in [5.74, 6) is 2.27. The van der Waals surface area contributed by atoms with E-state index >= 15 is 0 Å². The Kier molecular flexibility index (Phi) is 5.27. The number of aliphatic hydroxyl groups is 1. The highest BCUT2D eigenvalue weighted by Gasteiger charge is 2.15. The Morgan fingerprint density at radius 2 is 1.81 bits per heavy atom. The number of hydrogen-bond acceptors (Lipinski definition) is 6. The van der Waals surface area contributed by atoms with Gasteiger partial charge in [0.1, 0.15) is 17.3 Å². The lowest BCUT2D eigenvalue weighted by Gasteiger charge is -2.13. The first-order chi connectivity index (χ1) is 12.6. The summed E-state index contributed by atoms with van der Waals surface area (Å²) in [6.07, 6.45) is 0.824. The molecule has 0 spiro atoms. The Labute approximate surface area is 152 Å². The number of anilines is 1. The molecule has 0 atom stereocenters. The monoisotopic (exact) mass is 356 g/mol. The number of nitrogens with one attached hydrogen (secondary N) is 1. The molecule has 0 bridgehead atoms. The zero-order chi connectivity index (χ0) is 18.7. The summed E-state index contributed by atoms with van der Waals surface area (Å²) >= 11 is 0. The van der Waals surface area contributed by atoms with Crippen molar-refractivity contribution in [1.82, 2.24) is 14.6 Å². The summed E-state index contributed by atoms with van der Waals surface area (Å²) in [6.45, 7) is 4.57. The normalized spacial score (nSPS) is 11.0. The summed E-state index contributed by atoms with van der Waals surface area (Å²) in [4.78, 5) is 4.68. The van der Waals surface area contributed by atoms with Gasteiger partial charge in [0.25, 0.3) is 0 Å². The SMILES string of the molecule is CCc1c(C)nc2cc(-c3cc(OC)cc(OC)c3)nn2c1NCCO. The zero-order valence-corrected chi connectivity index (χ0v) is 15.5. The maximum atomic E-state index is 9.20. The average molecular weight is 356 g/mol. The van der Waals surface area contributed by atoms with Crippen LogP contribution in [0, 0.1) is 6.92 Å². The van der Waals surface area contributed by atoms with Gasteiger partial charge in [-0.05, 0) is 25.5 Å². The molecule has 2 heterocycles. The van der Waals surface area contributed by atoms with Crippen molar-refractivity contribution in [1.29, 1.82) is 0 Å². The number of aliphatic hydroxyl groups excluding tert-OH is 1. The third-order valence-electron chi connectivity index (χ3n) is 4.31. The van der Waals surface area contributed by atoms with E-state index in [9.17, 15) is 5.11 Å². The van der Waals surface area contributed by atoms with Gasteiger partial charge in [0.05, 0.1) is 26.5 Å². The number of fused-ring (bicyclic) bond motifs is 1. The van der Waals surface area contributed by atoms with Gasteiger partial charge in [-0.15, -0.1) is 0 Å². The van der Waals surface area contributed by atoms with Crippen LogP contribution in [0.25, 0.3) is 16.9 Å². The molecular weight excluding hydrogens is 332 g/mol. The highest BCUT2D eigenvalue weighted by molar-refractivity contribution is 5.69. The van der Waals surface area contributed by atoms with Gasteiger partial charge in [-0.1, -0.05) is 6.92 Å². The first-order valence-corrected chi connectivity index (χ1v) is 8.58. The second-order valence-electron chi connectivity index (χ2n) is 5.93. The minimum atomic E-state index is 0.0488. The summed E-state index contributed by atoms with van der Waals surface area (Å²) in [7, 11) is 3.25. The highest BCUT2D eigenvalue weighted by atomic mass is 16.5. The van der Waals surface area contributed by atoms with E-state index < -0.39 is 0 Å². The van der Waals surface area contributed by atoms with E-state index in [1.165, 1.54) is 0 Å². The average Bonchev–Trinajstić information content (AvgIpc) is 3.08. The number of ether oxygens (including phenoxy) is 2. The molecule has 0 aliphatic heterocycles. The Balaban J connectivity index is 2.17. The molecule has 3 rings (SSSR count). The first-order valence-electron chi connectivity index (χ1n) is 8.58. The van der Waals surface area contributed by atoms with Crippen molar-refractivity contribution >= 4 is 11.5 Å². The van der Waals surface area contributed by atoms with E-state index in [0.717, 1.165) is 40.4 Å². The van der Waals surface area contributed by atoms with Gasteiger partial charge in [-0.25, -0.2) is 4.98 Å². The van der Waals surface area contributed by atoms with Gasteiger partial charge in [0, 0.05) is 35.5 Å². The van der Waals surface area contributed by atoms with Gasteiger partial charge in [0.2, 0.25) is 0 Å². The maximum absolute atomic E-state index is 9.20. The van der Waals surface area contributed by atoms with E-state index in [-0.39, 0.29) is 6.61 Å². The molecule has 0 saturated carbocycles. The summed E-state index contributed by atoms with van der Waals surface area (Å²) in [5.41, 5.74) is 4.45. The fraction of sp³-hybridized carbons (Fsp3) is 0.368. The molecule has 0 aliphatic rings. The molecule has 0 aliphatic carbocycles. The summed E-state index contributed by atoms with van der Waals surface area (Å²) < 4.78 is 12.5. The smallest absolute Gasteiger partial charge is 0.158 e. The van der Waals surface area contributed by atoms with Crippen LogP contribution in [0.15, 0.2) is 24.3 Å². The predicted molar refractivity (Wildman–Crippen MR) is 101 cm³/mol. The van der Waals surface area contributed by atoms with Crippen molar-refractivity contribution in [3.8, 4) is 22.8 Å². The largest absolute Gasteiger partial charge is 0.497 e. The topological polar surface area (TPSA) is 80.9 Å². The molecule has 2 aromatic heterocycles. The number of benzene rings is 1. The lowest BCUT2D eigenvalue weighted by molar-refractivity contribution is 0.311. The second kappa shape index (κ2) is 7.61. The summed E-state index contributed by atoms with van der Waals surface area (Å²) in [5, 5.41) is 17.2. The van der Waals surface area contributed by atoms with E-state index in [2.05, 4.69) is 17.2 Å². The van der Waals surface area contributed by atoms with Crippen LogP contribution in [0.5, 0.6) is 11.5 Å². The molecule has 7 heteroatoms. The number of nitrogens with zero attached hydrogens (tertiary/aromatic N) is 3. The van der Waals surface area contributed by atoms with Crippen molar-refractivity contribution < 1.29 is 14.6 Å². The molecular formula is C19H24N4O3. The molecule has 138 valence electrons. The number of methoxy groups -OCH3 is 2. The fourth-order valence-corrected chi connectivity index (χ4v) is 3.03. The number of aryl methyl sites for hydroxylation is 1. The highest BCUT2D eigenvalue weighted by Crippen LogP contribution is 2.31. The minimum Gasteiger partial charge on any atom is -0.497 e. The molecule has 0 saturated heterocycles. The Morgan fingerprint density at radius 1 is 1.12 bits per heavy atom. The van der Waals surface area contributed by atoms with Crippen molar-refractivity contribution in [2.24, 2.45) is 0 Å². The molecule has 2 N–H and O–H groups in total. The molecule has 26 heavy (non-hydrogen) atoms. The Morgan fingerprint density at radius 3 is 2.38 bits per heavy atom. The van der Waals surface area contributed by atoms with Crippen LogP contribution >= 0.6 is 0 Å². The molecule has 0 fully saturated rings. The lowest BCUT2D eigenvalue weighted by atomic mass is 10.1. The van der Waals surface area contributed by atoms with E-state index in [1.54, 1.807) is 18.7 Å². The lowest BCUT2D eigenvalue weighted by Crippen LogP contribution is -2.14. The van der Waals surface area contributed by atoms with Gasteiger partial charge in [0.15, 0.2) is 5.65 Å². The van der Waals surface area contributed by atoms with Gasteiger partial charge >= 0.3 is 0 Å². The summed E-state index contributed by atoms with van der Waals surface area (Å²) in [6, 6.07) is 7.59. The van der Waals surface area contributed by atoms with Crippen molar-refractivity contribution in [3.05, 3.63) is 35.5 Å². The number of hydrogen-bond donors (Lipinski definition) is 2. The number of aromatic nitrogens is 3. The maximum Gasteiger partial charge on any atom is 0.158 e. The van der Waals surface area contributed by atoms with Crippen LogP contribution in [-0.4, -0.2) is 47.1 Å². The van der Waals surface area contributed by atoms with Crippen molar-refractivity contribution in [2.75, 3.05) is 32.7 Å². The van der Waals surface area contributed by atoms with Crippen molar-refractivity contribution in [2.45, 2.75) is 20.3 Å². The Bertz CT molecular complexity index is 899. The van der Waals surface area contributed by atoms with E-state index in [1.807, 2.05) is 31.2 Å². The van der Waals surface area contributed by atoms with Gasteiger partial charge < -0.3 is 19.9 Å². The van der Waals surface area contributed by atoms with E-state index in [4.69, 9.17) is 14.6 Å². The standard InChI is InChI=1S/C19H24N4O3/c1-5-16-12(2)21-18-11-17(22-23(18)19(16)20-6-7-24)13-8-14(25-3)10-15(9-13)26-4/h8-11,20,24H,5-7H2,1-4H3. The third kappa shape index (κ3) is 3.30. The fourth-order valence-electron chi connectivity index (χ4n) is 3.03. The third-order valence-corrected chi connectivity index (χ3v) is 4.31. The van der Waals surface area contributed by atoms with Crippen LogP contribution in [0.3, 0.4) is 0 Å². The minimum absolute atomic E-state index is 0.0488. The first kappa shape index (κ1) is 18.0. The molecule has 1 aromatic carbocycles. The van der Waals surface area contributed by atoms with Crippen LogP contribution in [0.1, 0.15) is 18.2 Å². The number of rotatable bonds is 7. The molecule has 0 radical (unpaired) electrons. The van der Waals surface area contributed by atoms with Crippen LogP contribution in [0.2, 0.25) is 0 Å². The molecule has 7 nitrogen and oxygen atoms in total. The predicted octanol–water partition coefficient (Wildman–Crippen LogP) is 2.69. The van der Waals surface area contributed by atoms with Gasteiger partial charge in [-0.2, -0.15) is 9.61 Å². The van der Waals surface area contributed by atoms with Crippen molar-refractivity contribution in [3.63, 3.8) is 0 Å². The van der Waals surface area contributed by atoms with Gasteiger partial charge in [-0.3, -0.25) is 0 Å². The van der Waals surface area contributed by atoms with E-state index in [0.29, 0.717) is 18.0 Å². The molecule has 0 unspecified atom stereocenters. The second-order valence-corrected chi connectivity index (χ2v) is 5.93. The van der Waals surface area contributed by atoms with Crippen LogP contribution in [0.4, 0.5) is 5.82 Å². The Hall–Kier alpha value is -2.80. The van der Waals surface area contributed by atoms with Crippen LogP contribution in [-0.2, 0) is 6.42 Å². The quantitative estimate of drug-likeness (QED) is 0.677.